The number of morpholine rings is 1. The summed E-state index contributed by atoms with van der Waals surface area (Å²) in [5.41, 5.74) is 4.58. The number of halogens is 1. The average Bonchev–Trinajstić information content (AvgIpc) is 3.31. The van der Waals surface area contributed by atoms with Gasteiger partial charge in [-0.15, -0.1) is 6.42 Å². The van der Waals surface area contributed by atoms with Gasteiger partial charge in [-0.25, -0.2) is 4.68 Å². The van der Waals surface area contributed by atoms with Gasteiger partial charge in [-0.1, -0.05) is 17.5 Å². The smallest absolute Gasteiger partial charge is 0.259 e. The van der Waals surface area contributed by atoms with Crippen molar-refractivity contribution >= 4 is 28.9 Å². The third-order valence-electron chi connectivity index (χ3n) is 7.10. The average molecular weight is 522 g/mol. The maximum Gasteiger partial charge on any atom is 0.259 e. The predicted molar refractivity (Wildman–Crippen MR) is 147 cm³/mol. The van der Waals surface area contributed by atoms with Crippen molar-refractivity contribution in [1.82, 2.24) is 14.7 Å². The highest BCUT2D eigenvalue weighted by Crippen LogP contribution is 2.28. The lowest BCUT2D eigenvalue weighted by Crippen LogP contribution is -2.49. The summed E-state index contributed by atoms with van der Waals surface area (Å²) in [4.78, 5) is 18.0. The number of rotatable bonds is 5. The Hall–Kier alpha value is -3.35. The van der Waals surface area contributed by atoms with Gasteiger partial charge in [0.25, 0.3) is 5.91 Å². The van der Waals surface area contributed by atoms with E-state index in [-0.39, 0.29) is 11.4 Å². The van der Waals surface area contributed by atoms with Crippen molar-refractivity contribution in [3.63, 3.8) is 0 Å². The third kappa shape index (κ3) is 5.81. The minimum atomic E-state index is -0.227. The molecule has 0 bridgehead atoms. The number of carbonyl (C=O) groups excluding carboxylic acids is 1. The molecule has 3 heterocycles. The molecule has 2 aliphatic heterocycles. The summed E-state index contributed by atoms with van der Waals surface area (Å²) in [5.74, 6) is 2.59. The van der Waals surface area contributed by atoms with E-state index in [4.69, 9.17) is 22.8 Å². The number of hydrogen-bond acceptors (Lipinski definition) is 5. The quantitative estimate of drug-likeness (QED) is 0.518. The van der Waals surface area contributed by atoms with Gasteiger partial charge in [0.05, 0.1) is 42.0 Å². The first-order chi connectivity index (χ1) is 17.5. The second-order valence-corrected chi connectivity index (χ2v) is 9.67. The summed E-state index contributed by atoms with van der Waals surface area (Å²) in [6.45, 7) is 7.50. The maximum absolute atomic E-state index is 13.0. The van der Waals surface area contributed by atoms with Gasteiger partial charge in [-0.05, 0) is 62.2 Å². The molecule has 2 fully saturated rings. The second-order valence-electron chi connectivity index (χ2n) is 9.23. The first-order valence-electron chi connectivity index (χ1n) is 12.3. The standard InChI is InChI=1S/C28H30ClN5O2.H2O/c1-3-21-18-23(6-9-27(21)33-12-10-24(11-13-33)32-14-16-36-17-15-32)31-28(35)26-19-30-34(20(26)2)25-7-4-22(29)5-8-25;/h1,4-9,18-19,24H,10-17H2,2H3,(H,31,35);1H2. The van der Waals surface area contributed by atoms with E-state index in [1.54, 1.807) is 23.0 Å². The van der Waals surface area contributed by atoms with Crippen LogP contribution in [0.15, 0.2) is 48.7 Å². The number of amides is 1. The minimum absolute atomic E-state index is 0. The summed E-state index contributed by atoms with van der Waals surface area (Å²) >= 11 is 5.99. The van der Waals surface area contributed by atoms with E-state index in [9.17, 15) is 4.79 Å². The number of piperidine rings is 1. The Morgan fingerprint density at radius 2 is 1.81 bits per heavy atom. The van der Waals surface area contributed by atoms with Gasteiger partial charge in [0.2, 0.25) is 0 Å². The highest BCUT2D eigenvalue weighted by atomic mass is 35.5. The van der Waals surface area contributed by atoms with Crippen LogP contribution in [0, 0.1) is 19.3 Å². The van der Waals surface area contributed by atoms with Crippen LogP contribution in [0.25, 0.3) is 5.69 Å². The second kappa shape index (κ2) is 11.8. The number of hydrogen-bond donors (Lipinski definition) is 1. The molecule has 2 aromatic carbocycles. The number of anilines is 2. The lowest BCUT2D eigenvalue weighted by molar-refractivity contribution is 0.0115. The Bertz CT molecular complexity index is 1270. The molecule has 3 N–H and O–H groups in total. The van der Waals surface area contributed by atoms with Crippen molar-refractivity contribution in [3.8, 4) is 18.0 Å². The van der Waals surface area contributed by atoms with E-state index in [1.807, 2.05) is 37.3 Å². The lowest BCUT2D eigenvalue weighted by Gasteiger charge is -2.41. The van der Waals surface area contributed by atoms with Gasteiger partial charge in [-0.3, -0.25) is 9.69 Å². The Kier molecular flexibility index (Phi) is 8.52. The molecule has 0 spiro atoms. The molecule has 2 aliphatic rings. The molecule has 0 radical (unpaired) electrons. The SMILES string of the molecule is C#Cc1cc(NC(=O)c2cnn(-c3ccc(Cl)cc3)c2C)ccc1N1CCC(N2CCOCC2)CC1.O. The highest BCUT2D eigenvalue weighted by Gasteiger charge is 2.27. The van der Waals surface area contributed by atoms with Crippen LogP contribution in [0.4, 0.5) is 11.4 Å². The molecular formula is C28H32ClN5O3. The van der Waals surface area contributed by atoms with Crippen LogP contribution in [0.5, 0.6) is 0 Å². The van der Waals surface area contributed by atoms with Crippen LogP contribution in [0.3, 0.4) is 0 Å². The fourth-order valence-electron chi connectivity index (χ4n) is 5.09. The van der Waals surface area contributed by atoms with Crippen molar-refractivity contribution in [1.29, 1.82) is 0 Å². The number of nitrogens with one attached hydrogen (secondary N) is 1. The lowest BCUT2D eigenvalue weighted by atomic mass is 10.0. The number of nitrogens with zero attached hydrogens (tertiary/aromatic N) is 4. The molecule has 0 saturated carbocycles. The normalized spacial score (nSPS) is 16.6. The van der Waals surface area contributed by atoms with Gasteiger partial charge < -0.3 is 20.4 Å². The summed E-state index contributed by atoms with van der Waals surface area (Å²) in [6.07, 6.45) is 9.68. The fraction of sp³-hybridized carbons (Fsp3) is 0.357. The molecule has 5 rings (SSSR count). The molecule has 3 aromatic rings. The summed E-state index contributed by atoms with van der Waals surface area (Å²) < 4.78 is 7.22. The monoisotopic (exact) mass is 521 g/mol. The van der Waals surface area contributed by atoms with E-state index in [0.717, 1.165) is 74.9 Å². The fourth-order valence-corrected chi connectivity index (χ4v) is 5.22. The number of aromatic nitrogens is 2. The van der Waals surface area contributed by atoms with Crippen molar-refractivity contribution < 1.29 is 15.0 Å². The zero-order valence-electron chi connectivity index (χ0n) is 20.9. The summed E-state index contributed by atoms with van der Waals surface area (Å²) in [7, 11) is 0. The van der Waals surface area contributed by atoms with Crippen molar-refractivity contribution in [3.05, 3.63) is 70.5 Å². The van der Waals surface area contributed by atoms with Crippen LogP contribution < -0.4 is 10.2 Å². The molecule has 0 unspecified atom stereocenters. The zero-order chi connectivity index (χ0) is 25.1. The third-order valence-corrected chi connectivity index (χ3v) is 7.35. The molecule has 8 nitrogen and oxygen atoms in total. The van der Waals surface area contributed by atoms with E-state index in [0.29, 0.717) is 22.3 Å². The van der Waals surface area contributed by atoms with Crippen LogP contribution in [0.1, 0.15) is 34.5 Å². The van der Waals surface area contributed by atoms with Gasteiger partial charge >= 0.3 is 0 Å². The van der Waals surface area contributed by atoms with E-state index in [1.165, 1.54) is 0 Å². The molecule has 1 aromatic heterocycles. The first-order valence-corrected chi connectivity index (χ1v) is 12.7. The Morgan fingerprint density at radius 1 is 1.11 bits per heavy atom. The Morgan fingerprint density at radius 3 is 2.49 bits per heavy atom. The number of ether oxygens (including phenoxy) is 1. The van der Waals surface area contributed by atoms with Gasteiger partial charge in [0.15, 0.2) is 0 Å². The van der Waals surface area contributed by atoms with Gasteiger partial charge in [0.1, 0.15) is 0 Å². The Balaban J connectivity index is 0.00000320. The molecule has 2 saturated heterocycles. The van der Waals surface area contributed by atoms with E-state index >= 15 is 0 Å². The van der Waals surface area contributed by atoms with Gasteiger partial charge in [0, 0.05) is 48.5 Å². The van der Waals surface area contributed by atoms with Crippen LogP contribution in [0.2, 0.25) is 5.02 Å². The molecule has 194 valence electrons. The molecule has 0 aliphatic carbocycles. The molecule has 0 atom stereocenters. The van der Waals surface area contributed by atoms with Crippen LogP contribution in [-0.2, 0) is 4.74 Å². The number of carbonyl (C=O) groups is 1. The maximum atomic E-state index is 13.0. The minimum Gasteiger partial charge on any atom is -0.412 e. The van der Waals surface area contributed by atoms with Crippen molar-refractivity contribution in [2.45, 2.75) is 25.8 Å². The first kappa shape index (κ1) is 26.7. The molecular weight excluding hydrogens is 490 g/mol. The largest absolute Gasteiger partial charge is 0.412 e. The molecule has 9 heteroatoms. The number of benzene rings is 2. The summed E-state index contributed by atoms with van der Waals surface area (Å²) in [6, 6.07) is 13.7. The van der Waals surface area contributed by atoms with Gasteiger partial charge in [-0.2, -0.15) is 5.10 Å². The van der Waals surface area contributed by atoms with Crippen LogP contribution >= 0.6 is 11.6 Å². The van der Waals surface area contributed by atoms with E-state index in [2.05, 4.69) is 26.1 Å². The zero-order valence-corrected chi connectivity index (χ0v) is 21.7. The van der Waals surface area contributed by atoms with E-state index < -0.39 is 0 Å². The number of terminal acetylenes is 1. The highest BCUT2D eigenvalue weighted by molar-refractivity contribution is 6.30. The molecule has 1 amide bonds. The van der Waals surface area contributed by atoms with Crippen LogP contribution in [-0.4, -0.2) is 71.5 Å². The topological polar surface area (TPSA) is 94.1 Å². The Labute approximate surface area is 222 Å². The predicted octanol–water partition coefficient (Wildman–Crippen LogP) is 3.54. The van der Waals surface area contributed by atoms with Crippen molar-refractivity contribution in [2.75, 3.05) is 49.6 Å². The molecule has 37 heavy (non-hydrogen) atoms. The van der Waals surface area contributed by atoms with Crippen molar-refractivity contribution in [2.24, 2.45) is 0 Å². The summed E-state index contributed by atoms with van der Waals surface area (Å²) in [5, 5.41) is 8.02.